The van der Waals surface area contributed by atoms with Crippen LogP contribution in [-0.2, 0) is 4.74 Å². The Bertz CT molecular complexity index is 411. The zero-order valence-corrected chi connectivity index (χ0v) is 6.90. The molecule has 0 amide bonds. The van der Waals surface area contributed by atoms with Gasteiger partial charge in [-0.1, -0.05) is 0 Å². The molecule has 3 aliphatic rings. The molecular formula is C10H7N2O. The fraction of sp³-hybridized carbons (Fsp3) is 0.100. The molecule has 0 fully saturated rings. The summed E-state index contributed by atoms with van der Waals surface area (Å²) < 4.78 is 5.20. The maximum absolute atomic E-state index is 5.20. The first kappa shape index (κ1) is 6.71. The topological polar surface area (TPSA) is 35.7 Å². The third-order valence-corrected chi connectivity index (χ3v) is 2.24. The van der Waals surface area contributed by atoms with Crippen LogP contribution in [0, 0.1) is 0 Å². The molecule has 3 rings (SSSR count). The van der Waals surface area contributed by atoms with Gasteiger partial charge in [-0.05, 0) is 17.7 Å². The zero-order chi connectivity index (χ0) is 8.67. The van der Waals surface area contributed by atoms with E-state index in [0.717, 1.165) is 11.3 Å². The fourth-order valence-corrected chi connectivity index (χ4v) is 1.65. The van der Waals surface area contributed by atoms with E-state index >= 15 is 0 Å². The lowest BCUT2D eigenvalue weighted by Gasteiger charge is -2.11. The van der Waals surface area contributed by atoms with Crippen molar-refractivity contribution >= 4 is 6.34 Å². The largest absolute Gasteiger partial charge is 0.496 e. The molecule has 0 saturated carbocycles. The lowest BCUT2D eigenvalue weighted by molar-refractivity contribution is 0.276. The Kier molecular flexibility index (Phi) is 1.22. The second-order valence-electron chi connectivity index (χ2n) is 3.02. The summed E-state index contributed by atoms with van der Waals surface area (Å²) in [5.41, 5.74) is 4.47. The Morgan fingerprint density at radius 3 is 3.38 bits per heavy atom. The number of nitrogens with zero attached hydrogens (tertiary/aromatic N) is 2. The number of hydrogen-bond acceptors (Lipinski definition) is 2. The van der Waals surface area contributed by atoms with Crippen molar-refractivity contribution in [3.8, 4) is 0 Å². The van der Waals surface area contributed by atoms with Crippen molar-refractivity contribution in [2.75, 3.05) is 6.61 Å². The van der Waals surface area contributed by atoms with Crippen LogP contribution < -0.4 is 5.32 Å². The van der Waals surface area contributed by atoms with Crippen LogP contribution in [0.2, 0.25) is 0 Å². The van der Waals surface area contributed by atoms with Gasteiger partial charge in [0.2, 0.25) is 0 Å². The van der Waals surface area contributed by atoms with Gasteiger partial charge >= 0.3 is 0 Å². The summed E-state index contributed by atoms with van der Waals surface area (Å²) in [6.07, 6.45) is 9.15. The van der Waals surface area contributed by atoms with E-state index in [1.807, 2.05) is 12.3 Å². The maximum Gasteiger partial charge on any atom is 0.116 e. The minimum Gasteiger partial charge on any atom is -0.496 e. The van der Waals surface area contributed by atoms with Crippen molar-refractivity contribution in [1.29, 1.82) is 0 Å². The van der Waals surface area contributed by atoms with Gasteiger partial charge in [-0.2, -0.15) is 0 Å². The fourth-order valence-electron chi connectivity index (χ4n) is 1.65. The van der Waals surface area contributed by atoms with E-state index in [9.17, 15) is 0 Å². The minimum atomic E-state index is 0.641. The average molecular weight is 171 g/mol. The van der Waals surface area contributed by atoms with E-state index in [4.69, 9.17) is 4.74 Å². The Morgan fingerprint density at radius 1 is 1.38 bits per heavy atom. The second-order valence-corrected chi connectivity index (χ2v) is 3.02. The molecule has 0 aromatic heterocycles. The van der Waals surface area contributed by atoms with E-state index < -0.39 is 0 Å². The maximum atomic E-state index is 5.20. The molecule has 0 unspecified atom stereocenters. The number of allylic oxidation sites excluding steroid dienone is 2. The molecule has 3 heteroatoms. The van der Waals surface area contributed by atoms with Crippen molar-refractivity contribution in [3.63, 3.8) is 0 Å². The summed E-state index contributed by atoms with van der Waals surface area (Å²) in [6.45, 7) is 0.641. The molecule has 13 heavy (non-hydrogen) atoms. The van der Waals surface area contributed by atoms with E-state index in [0.29, 0.717) is 6.61 Å². The molecule has 0 saturated heterocycles. The number of ether oxygens (including phenoxy) is 1. The summed E-state index contributed by atoms with van der Waals surface area (Å²) in [6, 6.07) is 0. The van der Waals surface area contributed by atoms with Crippen LogP contribution in [0.25, 0.3) is 0 Å². The summed E-state index contributed by atoms with van der Waals surface area (Å²) in [5.74, 6) is 0. The number of rotatable bonds is 0. The molecule has 2 aliphatic heterocycles. The smallest absolute Gasteiger partial charge is 0.116 e. The molecule has 2 heterocycles. The molecule has 3 nitrogen and oxygen atoms in total. The second kappa shape index (κ2) is 2.36. The van der Waals surface area contributed by atoms with E-state index in [2.05, 4.69) is 16.4 Å². The summed E-state index contributed by atoms with van der Waals surface area (Å²) >= 11 is 0. The highest BCUT2D eigenvalue weighted by molar-refractivity contribution is 5.72. The molecular weight excluding hydrogens is 164 g/mol. The van der Waals surface area contributed by atoms with Gasteiger partial charge < -0.3 is 4.74 Å². The SMILES string of the molecule is C1=CC2=C3[N]C=NC=C3C=C2CO1. The first-order valence-electron chi connectivity index (χ1n) is 4.11. The summed E-state index contributed by atoms with van der Waals surface area (Å²) in [7, 11) is 0. The highest BCUT2D eigenvalue weighted by Gasteiger charge is 2.23. The van der Waals surface area contributed by atoms with Crippen molar-refractivity contribution < 1.29 is 4.74 Å². The highest BCUT2D eigenvalue weighted by atomic mass is 16.5. The van der Waals surface area contributed by atoms with Crippen LogP contribution in [0.4, 0.5) is 0 Å². The molecule has 0 N–H and O–H groups in total. The summed E-state index contributed by atoms with van der Waals surface area (Å²) in [5, 5.41) is 4.24. The van der Waals surface area contributed by atoms with Gasteiger partial charge in [-0.3, -0.25) is 0 Å². The number of fused-ring (bicyclic) bond motifs is 2. The van der Waals surface area contributed by atoms with Gasteiger partial charge in [0.15, 0.2) is 0 Å². The number of hydrogen-bond donors (Lipinski definition) is 0. The van der Waals surface area contributed by atoms with Crippen LogP contribution in [0.3, 0.4) is 0 Å². The highest BCUT2D eigenvalue weighted by Crippen LogP contribution is 2.33. The molecule has 0 aromatic carbocycles. The van der Waals surface area contributed by atoms with Crippen LogP contribution >= 0.6 is 0 Å². The lowest BCUT2D eigenvalue weighted by Crippen LogP contribution is -2.08. The molecule has 1 aliphatic carbocycles. The van der Waals surface area contributed by atoms with Gasteiger partial charge in [0, 0.05) is 17.3 Å². The summed E-state index contributed by atoms with van der Waals surface area (Å²) in [4.78, 5) is 3.98. The van der Waals surface area contributed by atoms with Crippen molar-refractivity contribution in [2.24, 2.45) is 4.99 Å². The normalized spacial score (nSPS) is 22.8. The van der Waals surface area contributed by atoms with Gasteiger partial charge in [0.05, 0.1) is 12.0 Å². The van der Waals surface area contributed by atoms with Crippen LogP contribution in [-0.4, -0.2) is 12.9 Å². The standard InChI is InChI=1S/C10H7N2O/c1-2-13-5-8-3-7-4-11-6-12-10(7)9(1)8/h1-4,6H,5H2. The van der Waals surface area contributed by atoms with Crippen molar-refractivity contribution in [2.45, 2.75) is 0 Å². The van der Waals surface area contributed by atoms with E-state index in [-0.39, 0.29) is 0 Å². The van der Waals surface area contributed by atoms with E-state index in [1.165, 1.54) is 11.1 Å². The van der Waals surface area contributed by atoms with Crippen LogP contribution in [0.1, 0.15) is 0 Å². The average Bonchev–Trinajstić information content (AvgIpc) is 2.56. The van der Waals surface area contributed by atoms with Gasteiger partial charge in [-0.15, -0.1) is 0 Å². The quantitative estimate of drug-likeness (QED) is 0.540. The molecule has 0 bridgehead atoms. The molecule has 0 atom stereocenters. The Hall–Kier alpha value is -1.77. The molecule has 63 valence electrons. The predicted octanol–water partition coefficient (Wildman–Crippen LogP) is 1.25. The first-order valence-corrected chi connectivity index (χ1v) is 4.11. The van der Waals surface area contributed by atoms with Crippen LogP contribution in [0.5, 0.6) is 0 Å². The molecule has 0 spiro atoms. The monoisotopic (exact) mass is 171 g/mol. The molecule has 1 radical (unpaired) electrons. The van der Waals surface area contributed by atoms with Crippen molar-refractivity contribution in [1.82, 2.24) is 5.32 Å². The Labute approximate surface area is 75.8 Å². The Morgan fingerprint density at radius 2 is 2.38 bits per heavy atom. The van der Waals surface area contributed by atoms with Crippen molar-refractivity contribution in [3.05, 3.63) is 47.0 Å². The number of aliphatic imine (C=N–C) groups is 1. The van der Waals surface area contributed by atoms with Gasteiger partial charge in [0.1, 0.15) is 12.9 Å². The molecule has 0 aromatic rings. The first-order chi connectivity index (χ1) is 6.45. The third kappa shape index (κ3) is 0.869. The predicted molar refractivity (Wildman–Crippen MR) is 48.9 cm³/mol. The van der Waals surface area contributed by atoms with Gasteiger partial charge in [0.25, 0.3) is 0 Å². The van der Waals surface area contributed by atoms with Crippen LogP contribution in [0.15, 0.2) is 52.0 Å². The van der Waals surface area contributed by atoms with E-state index in [1.54, 1.807) is 12.6 Å². The minimum absolute atomic E-state index is 0.641. The van der Waals surface area contributed by atoms with Gasteiger partial charge in [-0.25, -0.2) is 10.3 Å². The third-order valence-electron chi connectivity index (χ3n) is 2.24. The zero-order valence-electron chi connectivity index (χ0n) is 6.90. The lowest BCUT2D eigenvalue weighted by atomic mass is 10.1. The Balaban J connectivity index is 2.18.